The number of carbonyl (C=O) groups excluding carboxylic acids is 1. The van der Waals surface area contributed by atoms with Gasteiger partial charge < -0.3 is 5.32 Å². The number of hydrogen-bond donors (Lipinski definition) is 1. The normalized spacial score (nSPS) is 15.4. The van der Waals surface area contributed by atoms with Gasteiger partial charge in [0.25, 0.3) is 5.91 Å². The van der Waals surface area contributed by atoms with Crippen LogP contribution in [0.4, 0.5) is 5.69 Å². The predicted molar refractivity (Wildman–Crippen MR) is 110 cm³/mol. The van der Waals surface area contributed by atoms with Crippen molar-refractivity contribution in [2.45, 2.75) is 61.8 Å². The van der Waals surface area contributed by atoms with Crippen molar-refractivity contribution in [2.75, 3.05) is 0 Å². The van der Waals surface area contributed by atoms with Crippen LogP contribution in [0.15, 0.2) is 47.6 Å². The Bertz CT molecular complexity index is 806. The lowest BCUT2D eigenvalue weighted by atomic mass is 9.96. The average Bonchev–Trinajstić information content (AvgIpc) is 2.69. The van der Waals surface area contributed by atoms with Gasteiger partial charge in [-0.05, 0) is 18.4 Å². The number of hydrogen-bond acceptors (Lipinski definition) is 5. The number of nitrogens with one attached hydrogen (secondary N) is 1. The van der Waals surface area contributed by atoms with Crippen molar-refractivity contribution >= 4 is 23.4 Å². The van der Waals surface area contributed by atoms with Crippen molar-refractivity contribution in [3.8, 4) is 0 Å². The molecule has 1 aliphatic rings. The van der Waals surface area contributed by atoms with Crippen LogP contribution in [0.5, 0.6) is 0 Å². The van der Waals surface area contributed by atoms with Crippen LogP contribution in [0.25, 0.3) is 0 Å². The van der Waals surface area contributed by atoms with Crippen LogP contribution in [0.2, 0.25) is 0 Å². The molecule has 1 heterocycles. The quantitative estimate of drug-likeness (QED) is 0.414. The Morgan fingerprint density at radius 2 is 1.82 bits per heavy atom. The Balaban J connectivity index is 1.68. The summed E-state index contributed by atoms with van der Waals surface area (Å²) in [7, 11) is 0. The molecule has 0 aliphatic heterocycles. The van der Waals surface area contributed by atoms with Crippen LogP contribution in [0.3, 0.4) is 0 Å². The van der Waals surface area contributed by atoms with Gasteiger partial charge in [-0.1, -0.05) is 74.2 Å². The minimum atomic E-state index is -0.465. The largest absolute Gasteiger partial charge is 0.349 e. The lowest BCUT2D eigenvalue weighted by Crippen LogP contribution is -2.35. The lowest BCUT2D eigenvalue weighted by molar-refractivity contribution is -0.388. The van der Waals surface area contributed by atoms with E-state index in [-0.39, 0.29) is 23.2 Å². The molecule has 28 heavy (non-hydrogen) atoms. The molecule has 1 saturated carbocycles. The number of pyridine rings is 1. The molecule has 1 amide bonds. The maximum Gasteiger partial charge on any atom is 0.302 e. The van der Waals surface area contributed by atoms with Gasteiger partial charge in [-0.3, -0.25) is 14.9 Å². The van der Waals surface area contributed by atoms with Gasteiger partial charge in [0.05, 0.1) is 10.5 Å². The zero-order valence-electron chi connectivity index (χ0n) is 15.8. The van der Waals surface area contributed by atoms with Gasteiger partial charge in [0.2, 0.25) is 0 Å². The van der Waals surface area contributed by atoms with Gasteiger partial charge in [-0.25, -0.2) is 4.98 Å². The third kappa shape index (κ3) is 5.79. The SMILES string of the molecule is O=C(NC1CCCCCCC1)c1cnc(SCc2ccccc2)c([N+](=O)[O-])c1. The lowest BCUT2D eigenvalue weighted by Gasteiger charge is -2.21. The van der Waals surface area contributed by atoms with Crippen LogP contribution in [0.1, 0.15) is 60.9 Å². The van der Waals surface area contributed by atoms with E-state index in [1.165, 1.54) is 43.3 Å². The summed E-state index contributed by atoms with van der Waals surface area (Å²) in [6.07, 6.45) is 9.26. The Morgan fingerprint density at radius 3 is 2.50 bits per heavy atom. The molecule has 0 spiro atoms. The molecule has 2 aromatic rings. The fourth-order valence-corrected chi connectivity index (χ4v) is 4.31. The number of nitrogens with zero attached hydrogens (tertiary/aromatic N) is 2. The molecular weight excluding hydrogens is 374 g/mol. The monoisotopic (exact) mass is 399 g/mol. The van der Waals surface area contributed by atoms with Gasteiger partial charge in [0.15, 0.2) is 5.03 Å². The molecule has 148 valence electrons. The third-order valence-electron chi connectivity index (χ3n) is 4.95. The van der Waals surface area contributed by atoms with E-state index in [1.54, 1.807) is 0 Å². The number of carbonyl (C=O) groups is 1. The molecule has 0 bridgehead atoms. The van der Waals surface area contributed by atoms with Gasteiger partial charge in [0, 0.05) is 24.1 Å². The maximum absolute atomic E-state index is 12.6. The second-order valence-electron chi connectivity index (χ2n) is 7.10. The molecule has 0 radical (unpaired) electrons. The zero-order valence-corrected chi connectivity index (χ0v) is 16.6. The van der Waals surface area contributed by atoms with Crippen molar-refractivity contribution in [3.05, 3.63) is 63.8 Å². The second-order valence-corrected chi connectivity index (χ2v) is 8.06. The molecule has 1 N–H and O–H groups in total. The van der Waals surface area contributed by atoms with Crippen LogP contribution >= 0.6 is 11.8 Å². The Kier molecular flexibility index (Phi) is 7.42. The maximum atomic E-state index is 12.6. The summed E-state index contributed by atoms with van der Waals surface area (Å²) >= 11 is 1.31. The molecule has 0 saturated heterocycles. The van der Waals surface area contributed by atoms with Crippen LogP contribution in [-0.2, 0) is 5.75 Å². The fraction of sp³-hybridized carbons (Fsp3) is 0.429. The molecule has 1 aromatic carbocycles. The first kappa shape index (κ1) is 20.3. The Hall–Kier alpha value is -2.41. The van der Waals surface area contributed by atoms with Crippen LogP contribution in [-0.4, -0.2) is 21.9 Å². The molecule has 3 rings (SSSR count). The first-order valence-electron chi connectivity index (χ1n) is 9.75. The first-order valence-corrected chi connectivity index (χ1v) is 10.7. The summed E-state index contributed by atoms with van der Waals surface area (Å²) in [6.45, 7) is 0. The minimum absolute atomic E-state index is 0.119. The van der Waals surface area contributed by atoms with Gasteiger partial charge in [-0.15, -0.1) is 0 Å². The van der Waals surface area contributed by atoms with E-state index in [0.717, 1.165) is 31.2 Å². The Labute approximate surface area is 169 Å². The number of aromatic nitrogens is 1. The summed E-state index contributed by atoms with van der Waals surface area (Å²) in [6, 6.07) is 11.2. The smallest absolute Gasteiger partial charge is 0.302 e. The molecule has 1 aliphatic carbocycles. The van der Waals surface area contributed by atoms with Gasteiger partial charge in [0.1, 0.15) is 0 Å². The van der Waals surface area contributed by atoms with Crippen molar-refractivity contribution in [2.24, 2.45) is 0 Å². The summed E-state index contributed by atoms with van der Waals surface area (Å²) in [5.41, 5.74) is 1.19. The van der Waals surface area contributed by atoms with E-state index in [0.29, 0.717) is 10.8 Å². The van der Waals surface area contributed by atoms with Crippen LogP contribution in [0, 0.1) is 10.1 Å². The van der Waals surface area contributed by atoms with E-state index in [9.17, 15) is 14.9 Å². The van der Waals surface area contributed by atoms with Crippen molar-refractivity contribution in [1.82, 2.24) is 10.3 Å². The van der Waals surface area contributed by atoms with Gasteiger partial charge in [-0.2, -0.15) is 0 Å². The molecule has 7 heteroatoms. The topological polar surface area (TPSA) is 85.1 Å². The van der Waals surface area contributed by atoms with Gasteiger partial charge >= 0.3 is 5.69 Å². The highest BCUT2D eigenvalue weighted by atomic mass is 32.2. The summed E-state index contributed by atoms with van der Waals surface area (Å²) in [5.74, 6) is 0.309. The fourth-order valence-electron chi connectivity index (χ4n) is 3.40. The van der Waals surface area contributed by atoms with E-state index < -0.39 is 4.92 Å². The third-order valence-corrected chi connectivity index (χ3v) is 6.02. The second kappa shape index (κ2) is 10.2. The highest BCUT2D eigenvalue weighted by Gasteiger charge is 2.21. The number of rotatable bonds is 6. The number of nitro groups is 1. The summed E-state index contributed by atoms with van der Waals surface area (Å²) in [5, 5.41) is 14.9. The molecule has 1 aromatic heterocycles. The number of thioether (sulfide) groups is 1. The van der Waals surface area contributed by atoms with Crippen LogP contribution < -0.4 is 5.32 Å². The van der Waals surface area contributed by atoms with E-state index in [2.05, 4.69) is 10.3 Å². The summed E-state index contributed by atoms with van der Waals surface area (Å²) in [4.78, 5) is 27.9. The van der Waals surface area contributed by atoms with E-state index in [1.807, 2.05) is 30.3 Å². The Morgan fingerprint density at radius 1 is 1.14 bits per heavy atom. The molecule has 0 unspecified atom stereocenters. The first-order chi connectivity index (χ1) is 13.6. The molecular formula is C21H25N3O3S. The van der Waals surface area contributed by atoms with Crippen molar-refractivity contribution < 1.29 is 9.72 Å². The number of benzene rings is 1. The molecule has 6 nitrogen and oxygen atoms in total. The zero-order chi connectivity index (χ0) is 19.8. The predicted octanol–water partition coefficient (Wildman–Crippen LogP) is 5.12. The van der Waals surface area contributed by atoms with E-state index in [4.69, 9.17) is 0 Å². The molecule has 0 atom stereocenters. The minimum Gasteiger partial charge on any atom is -0.349 e. The van der Waals surface area contributed by atoms with Crippen molar-refractivity contribution in [1.29, 1.82) is 0 Å². The standard InChI is InChI=1S/C21H25N3O3S/c25-20(23-18-11-7-2-1-3-8-12-18)17-13-19(24(26)27)21(22-14-17)28-15-16-9-5-4-6-10-16/h4-6,9-10,13-14,18H,1-3,7-8,11-12,15H2,(H,23,25). The molecule has 1 fully saturated rings. The average molecular weight is 400 g/mol. The highest BCUT2D eigenvalue weighted by molar-refractivity contribution is 7.98. The van der Waals surface area contributed by atoms with E-state index >= 15 is 0 Å². The number of amides is 1. The summed E-state index contributed by atoms with van der Waals surface area (Å²) < 4.78 is 0. The highest BCUT2D eigenvalue weighted by Crippen LogP contribution is 2.30. The van der Waals surface area contributed by atoms with Crippen molar-refractivity contribution in [3.63, 3.8) is 0 Å².